The van der Waals surface area contributed by atoms with Crippen molar-refractivity contribution in [2.45, 2.75) is 245 Å². The zero-order valence-corrected chi connectivity index (χ0v) is 42.2. The van der Waals surface area contributed by atoms with Crippen molar-refractivity contribution < 1.29 is 28.6 Å². The van der Waals surface area contributed by atoms with E-state index in [-0.39, 0.29) is 31.6 Å². The van der Waals surface area contributed by atoms with Crippen LogP contribution in [0.3, 0.4) is 0 Å². The molecule has 0 heterocycles. The molecule has 0 saturated carbocycles. The van der Waals surface area contributed by atoms with Gasteiger partial charge < -0.3 is 14.2 Å². The molecule has 6 heteroatoms. The Labute approximate surface area is 400 Å². The summed E-state index contributed by atoms with van der Waals surface area (Å²) >= 11 is 0. The number of carbonyl (C=O) groups is 3. The number of rotatable bonds is 47. The first-order valence-electron chi connectivity index (χ1n) is 26.7. The molecule has 0 aliphatic heterocycles. The van der Waals surface area contributed by atoms with Gasteiger partial charge in [-0.15, -0.1) is 0 Å². The van der Waals surface area contributed by atoms with E-state index in [4.69, 9.17) is 14.2 Å². The quantitative estimate of drug-likeness (QED) is 0.0262. The van der Waals surface area contributed by atoms with Crippen LogP contribution in [0, 0.1) is 0 Å². The van der Waals surface area contributed by atoms with Crippen LogP contribution in [0.2, 0.25) is 0 Å². The van der Waals surface area contributed by atoms with Gasteiger partial charge in [0.25, 0.3) is 0 Å². The number of hydrogen-bond donors (Lipinski definition) is 0. The second kappa shape index (κ2) is 52.9. The highest BCUT2D eigenvalue weighted by Crippen LogP contribution is 2.13. The number of esters is 3. The van der Waals surface area contributed by atoms with Crippen LogP contribution in [0.25, 0.3) is 0 Å². The van der Waals surface area contributed by atoms with Gasteiger partial charge in [-0.1, -0.05) is 208 Å². The van der Waals surface area contributed by atoms with Gasteiger partial charge in [0.05, 0.1) is 0 Å². The third-order valence-electron chi connectivity index (χ3n) is 11.1. The Kier molecular flexibility index (Phi) is 50.0. The number of carbonyl (C=O) groups excluding carboxylic acids is 3. The normalized spacial score (nSPS) is 12.8. The fraction of sp³-hybridized carbons (Fsp3) is 0.678. The third kappa shape index (κ3) is 51.2. The first-order valence-corrected chi connectivity index (χ1v) is 26.7. The van der Waals surface area contributed by atoms with Gasteiger partial charge in [-0.25, -0.2) is 0 Å². The van der Waals surface area contributed by atoms with Gasteiger partial charge in [0, 0.05) is 19.3 Å². The molecule has 370 valence electrons. The summed E-state index contributed by atoms with van der Waals surface area (Å²) in [5, 5.41) is 0. The molecule has 0 radical (unpaired) electrons. The molecule has 0 aromatic heterocycles. The summed E-state index contributed by atoms with van der Waals surface area (Å²) in [6, 6.07) is 0. The maximum absolute atomic E-state index is 12.8. The highest BCUT2D eigenvalue weighted by molar-refractivity contribution is 5.71. The van der Waals surface area contributed by atoms with Crippen molar-refractivity contribution >= 4 is 17.9 Å². The predicted molar refractivity (Wildman–Crippen MR) is 279 cm³/mol. The minimum absolute atomic E-state index is 0.113. The average Bonchev–Trinajstić information content (AvgIpc) is 3.30. The van der Waals surface area contributed by atoms with E-state index in [0.29, 0.717) is 19.3 Å². The lowest BCUT2D eigenvalue weighted by Gasteiger charge is -2.18. The van der Waals surface area contributed by atoms with Crippen molar-refractivity contribution in [2.24, 2.45) is 0 Å². The lowest BCUT2D eigenvalue weighted by Crippen LogP contribution is -2.30. The van der Waals surface area contributed by atoms with Gasteiger partial charge in [-0.2, -0.15) is 0 Å². The zero-order valence-electron chi connectivity index (χ0n) is 42.2. The summed E-state index contributed by atoms with van der Waals surface area (Å²) in [7, 11) is 0. The van der Waals surface area contributed by atoms with Crippen molar-refractivity contribution in [3.63, 3.8) is 0 Å². The van der Waals surface area contributed by atoms with E-state index in [2.05, 4.69) is 106 Å². The van der Waals surface area contributed by atoms with Crippen LogP contribution >= 0.6 is 0 Å². The second-order valence-corrected chi connectivity index (χ2v) is 17.4. The van der Waals surface area contributed by atoms with Crippen LogP contribution in [-0.2, 0) is 28.6 Å². The smallest absolute Gasteiger partial charge is 0.306 e. The van der Waals surface area contributed by atoms with E-state index in [9.17, 15) is 14.4 Å². The van der Waals surface area contributed by atoms with Gasteiger partial charge >= 0.3 is 17.9 Å². The van der Waals surface area contributed by atoms with Crippen molar-refractivity contribution in [1.82, 2.24) is 0 Å². The van der Waals surface area contributed by atoms with Crippen molar-refractivity contribution in [2.75, 3.05) is 13.2 Å². The summed E-state index contributed by atoms with van der Waals surface area (Å²) in [6.07, 6.45) is 69.7. The Hall–Kier alpha value is -3.67. The topological polar surface area (TPSA) is 78.9 Å². The van der Waals surface area contributed by atoms with E-state index >= 15 is 0 Å². The number of allylic oxidation sites excluding steroid dienone is 16. The molecule has 6 nitrogen and oxygen atoms in total. The standard InChI is InChI=1S/C59H98O6/c1-4-7-10-13-16-19-22-25-27-28-29-30-32-35-38-41-44-47-50-53-59(62)65-56(54-63-57(60)51-48-45-42-39-36-33-24-21-18-15-12-9-6-3)55-64-58(61)52-49-46-43-40-37-34-31-26-23-20-17-14-11-8-5-2/h7,10,16,19-21,23-25,27,29-30,35,38,44,47,56H,4-6,8-9,11-15,17-18,22,26,28,31-34,36-37,39-43,45-46,48-55H2,1-3H3/b10-7-,19-16-,23-20-,24-21-,27-25-,30-29-,38-35-,47-44-/t56-/m0/s1. The molecule has 0 aromatic carbocycles. The summed E-state index contributed by atoms with van der Waals surface area (Å²) in [6.45, 7) is 6.42. The van der Waals surface area contributed by atoms with Crippen LogP contribution in [0.15, 0.2) is 97.2 Å². The maximum atomic E-state index is 12.8. The third-order valence-corrected chi connectivity index (χ3v) is 11.1. The number of ether oxygens (including phenoxy) is 3. The molecule has 0 aliphatic rings. The van der Waals surface area contributed by atoms with Crippen LogP contribution in [0.4, 0.5) is 0 Å². The molecular formula is C59H98O6. The highest BCUT2D eigenvalue weighted by atomic mass is 16.6. The second-order valence-electron chi connectivity index (χ2n) is 17.4. The maximum Gasteiger partial charge on any atom is 0.306 e. The molecule has 0 aromatic rings. The fourth-order valence-corrected chi connectivity index (χ4v) is 7.04. The molecule has 0 unspecified atom stereocenters. The lowest BCUT2D eigenvalue weighted by atomic mass is 10.1. The van der Waals surface area contributed by atoms with E-state index < -0.39 is 12.1 Å². The molecule has 0 aliphatic carbocycles. The van der Waals surface area contributed by atoms with Crippen LogP contribution < -0.4 is 0 Å². The Morgan fingerprint density at radius 2 is 0.631 bits per heavy atom. The van der Waals surface area contributed by atoms with Gasteiger partial charge in [0.2, 0.25) is 0 Å². The number of hydrogen-bond acceptors (Lipinski definition) is 6. The first-order chi connectivity index (χ1) is 32.0. The van der Waals surface area contributed by atoms with Crippen molar-refractivity contribution in [3.8, 4) is 0 Å². The average molecular weight is 903 g/mol. The first kappa shape index (κ1) is 61.3. The molecule has 0 bridgehead atoms. The Balaban J connectivity index is 4.53. The monoisotopic (exact) mass is 903 g/mol. The van der Waals surface area contributed by atoms with E-state index in [1.54, 1.807) is 0 Å². The Morgan fingerprint density at radius 1 is 0.323 bits per heavy atom. The fourth-order valence-electron chi connectivity index (χ4n) is 7.04. The van der Waals surface area contributed by atoms with Crippen molar-refractivity contribution in [3.05, 3.63) is 97.2 Å². The lowest BCUT2D eigenvalue weighted by molar-refractivity contribution is -0.166. The summed E-state index contributed by atoms with van der Waals surface area (Å²) in [5.41, 5.74) is 0. The minimum atomic E-state index is -0.823. The Bertz CT molecular complexity index is 1310. The molecule has 65 heavy (non-hydrogen) atoms. The zero-order chi connectivity index (χ0) is 47.2. The molecule has 0 spiro atoms. The van der Waals surface area contributed by atoms with Crippen LogP contribution in [-0.4, -0.2) is 37.2 Å². The van der Waals surface area contributed by atoms with E-state index in [1.807, 2.05) is 12.2 Å². The van der Waals surface area contributed by atoms with Crippen molar-refractivity contribution in [1.29, 1.82) is 0 Å². The number of unbranched alkanes of at least 4 members (excludes halogenated alkanes) is 20. The van der Waals surface area contributed by atoms with Gasteiger partial charge in [0.1, 0.15) is 13.2 Å². The SMILES string of the molecule is CC/C=C\C/C=C\C/C=C\C/C=C\C/C=C\C/C=C\CCC(=O)O[C@@H](COC(=O)CCCCCCC/C=C\CCCCCC)COC(=O)CCCCCCCCC/C=C\CCCCCC. The summed E-state index contributed by atoms with van der Waals surface area (Å²) in [4.78, 5) is 38.0. The minimum Gasteiger partial charge on any atom is -0.462 e. The molecular weight excluding hydrogens is 805 g/mol. The van der Waals surface area contributed by atoms with Gasteiger partial charge in [-0.05, 0) is 109 Å². The van der Waals surface area contributed by atoms with Crippen LogP contribution in [0.1, 0.15) is 239 Å². The largest absolute Gasteiger partial charge is 0.462 e. The van der Waals surface area contributed by atoms with Crippen LogP contribution in [0.5, 0.6) is 0 Å². The molecule has 0 N–H and O–H groups in total. The highest BCUT2D eigenvalue weighted by Gasteiger charge is 2.19. The summed E-state index contributed by atoms with van der Waals surface area (Å²) < 4.78 is 16.7. The van der Waals surface area contributed by atoms with Gasteiger partial charge in [0.15, 0.2) is 6.10 Å². The molecule has 0 fully saturated rings. The molecule has 0 amide bonds. The van der Waals surface area contributed by atoms with E-state index in [1.165, 1.54) is 103 Å². The summed E-state index contributed by atoms with van der Waals surface area (Å²) in [5.74, 6) is -1.01. The molecule has 1 atom stereocenters. The van der Waals surface area contributed by atoms with E-state index in [0.717, 1.165) is 89.9 Å². The predicted octanol–water partition coefficient (Wildman–Crippen LogP) is 17.8. The van der Waals surface area contributed by atoms with Gasteiger partial charge in [-0.3, -0.25) is 14.4 Å². The Morgan fingerprint density at radius 3 is 1.00 bits per heavy atom. The molecule has 0 saturated heterocycles. The molecule has 0 rings (SSSR count).